The van der Waals surface area contributed by atoms with E-state index in [-0.39, 0.29) is 5.92 Å². The SMILES string of the molecule is Cc1ncc(CN2CCC(C(=O)O)(C(C)C)C2)s1. The van der Waals surface area contributed by atoms with Gasteiger partial charge in [0.15, 0.2) is 0 Å². The molecule has 1 aliphatic heterocycles. The Kier molecular flexibility index (Phi) is 3.73. The van der Waals surface area contributed by atoms with Gasteiger partial charge in [0.1, 0.15) is 0 Å². The predicted octanol–water partition coefficient (Wildman–Crippen LogP) is 2.38. The monoisotopic (exact) mass is 268 g/mol. The highest BCUT2D eigenvalue weighted by Crippen LogP contribution is 2.38. The van der Waals surface area contributed by atoms with Crippen molar-refractivity contribution in [3.63, 3.8) is 0 Å². The lowest BCUT2D eigenvalue weighted by molar-refractivity contribution is -0.151. The Labute approximate surface area is 112 Å². The fourth-order valence-electron chi connectivity index (χ4n) is 2.64. The molecule has 1 aliphatic rings. The largest absolute Gasteiger partial charge is 0.481 e. The molecule has 0 bridgehead atoms. The maximum Gasteiger partial charge on any atom is 0.311 e. The molecule has 0 aromatic carbocycles. The van der Waals surface area contributed by atoms with Crippen LogP contribution in [0.3, 0.4) is 0 Å². The molecule has 0 aliphatic carbocycles. The van der Waals surface area contributed by atoms with Gasteiger partial charge < -0.3 is 5.11 Å². The van der Waals surface area contributed by atoms with Gasteiger partial charge in [-0.2, -0.15) is 0 Å². The minimum Gasteiger partial charge on any atom is -0.481 e. The lowest BCUT2D eigenvalue weighted by Gasteiger charge is -2.28. The summed E-state index contributed by atoms with van der Waals surface area (Å²) in [7, 11) is 0. The van der Waals surface area contributed by atoms with E-state index in [1.807, 2.05) is 27.0 Å². The van der Waals surface area contributed by atoms with Crippen LogP contribution in [0.2, 0.25) is 0 Å². The van der Waals surface area contributed by atoms with Gasteiger partial charge in [0.05, 0.1) is 10.4 Å². The third kappa shape index (κ3) is 2.42. The summed E-state index contributed by atoms with van der Waals surface area (Å²) in [4.78, 5) is 19.2. The van der Waals surface area contributed by atoms with Gasteiger partial charge in [-0.3, -0.25) is 9.69 Å². The average molecular weight is 268 g/mol. The molecular formula is C13H20N2O2S. The van der Waals surface area contributed by atoms with Gasteiger partial charge in [0, 0.05) is 24.2 Å². The number of aliphatic carboxylic acids is 1. The fraction of sp³-hybridized carbons (Fsp3) is 0.692. The molecule has 1 saturated heterocycles. The standard InChI is InChI=1S/C13H20N2O2S/c1-9(2)13(12(16)17)4-5-15(8-13)7-11-6-14-10(3)18-11/h6,9H,4-5,7-8H2,1-3H3,(H,16,17). The number of nitrogens with zero attached hydrogens (tertiary/aromatic N) is 2. The predicted molar refractivity (Wildman–Crippen MR) is 71.7 cm³/mol. The number of hydrogen-bond acceptors (Lipinski definition) is 4. The first-order valence-corrected chi connectivity index (χ1v) is 7.13. The third-order valence-electron chi connectivity index (χ3n) is 3.96. The van der Waals surface area contributed by atoms with Crippen LogP contribution in [0.15, 0.2) is 6.20 Å². The van der Waals surface area contributed by atoms with Gasteiger partial charge in [0.2, 0.25) is 0 Å². The average Bonchev–Trinajstić information content (AvgIpc) is 2.86. The first-order valence-electron chi connectivity index (χ1n) is 6.31. The van der Waals surface area contributed by atoms with Crippen molar-refractivity contribution in [3.8, 4) is 0 Å². The molecule has 0 saturated carbocycles. The molecule has 0 radical (unpaired) electrons. The van der Waals surface area contributed by atoms with Crippen molar-refractivity contribution in [2.75, 3.05) is 13.1 Å². The van der Waals surface area contributed by atoms with Crippen molar-refractivity contribution in [2.45, 2.75) is 33.7 Å². The number of aromatic nitrogens is 1. The molecule has 1 atom stereocenters. The van der Waals surface area contributed by atoms with Crippen LogP contribution in [0.5, 0.6) is 0 Å². The Morgan fingerprint density at radius 3 is 2.83 bits per heavy atom. The number of hydrogen-bond donors (Lipinski definition) is 1. The van der Waals surface area contributed by atoms with Crippen molar-refractivity contribution in [1.82, 2.24) is 9.88 Å². The van der Waals surface area contributed by atoms with Gasteiger partial charge in [0.25, 0.3) is 0 Å². The zero-order valence-electron chi connectivity index (χ0n) is 11.1. The maximum atomic E-state index is 11.5. The van der Waals surface area contributed by atoms with E-state index in [4.69, 9.17) is 0 Å². The van der Waals surface area contributed by atoms with Gasteiger partial charge in [-0.1, -0.05) is 13.8 Å². The van der Waals surface area contributed by atoms with E-state index in [9.17, 15) is 9.90 Å². The smallest absolute Gasteiger partial charge is 0.311 e. The molecule has 2 rings (SSSR count). The number of rotatable bonds is 4. The van der Waals surface area contributed by atoms with Crippen LogP contribution in [0.1, 0.15) is 30.2 Å². The highest BCUT2D eigenvalue weighted by atomic mass is 32.1. The minimum atomic E-state index is -0.652. The van der Waals surface area contributed by atoms with Crippen molar-refractivity contribution < 1.29 is 9.90 Å². The Balaban J connectivity index is 2.05. The van der Waals surface area contributed by atoms with Crippen molar-refractivity contribution >= 4 is 17.3 Å². The molecule has 100 valence electrons. The summed E-state index contributed by atoms with van der Waals surface area (Å²) < 4.78 is 0. The number of carboxylic acid groups (broad SMARTS) is 1. The molecule has 1 aromatic heterocycles. The van der Waals surface area contributed by atoms with Crippen molar-refractivity contribution in [2.24, 2.45) is 11.3 Å². The van der Waals surface area contributed by atoms with Crippen LogP contribution in [0.25, 0.3) is 0 Å². The first-order chi connectivity index (χ1) is 8.44. The Hall–Kier alpha value is -0.940. The van der Waals surface area contributed by atoms with Crippen molar-refractivity contribution in [1.29, 1.82) is 0 Å². The number of carboxylic acids is 1. The van der Waals surface area contributed by atoms with Crippen molar-refractivity contribution in [3.05, 3.63) is 16.1 Å². The molecule has 1 N–H and O–H groups in total. The molecule has 0 spiro atoms. The quantitative estimate of drug-likeness (QED) is 0.911. The summed E-state index contributed by atoms with van der Waals surface area (Å²) in [5.41, 5.74) is -0.570. The van der Waals surface area contributed by atoms with E-state index in [1.54, 1.807) is 11.3 Å². The van der Waals surface area contributed by atoms with Gasteiger partial charge in [-0.15, -0.1) is 11.3 Å². The highest BCUT2D eigenvalue weighted by Gasteiger charge is 2.47. The van der Waals surface area contributed by atoms with Crippen LogP contribution in [0, 0.1) is 18.3 Å². The van der Waals surface area contributed by atoms with E-state index in [0.29, 0.717) is 6.54 Å². The van der Waals surface area contributed by atoms with E-state index in [0.717, 1.165) is 24.5 Å². The second-order valence-corrected chi connectivity index (χ2v) is 6.74. The zero-order chi connectivity index (χ0) is 13.3. The number of aryl methyl sites for hydroxylation is 1. The summed E-state index contributed by atoms with van der Waals surface area (Å²) >= 11 is 1.69. The molecule has 0 amide bonds. The van der Waals surface area contributed by atoms with Crippen LogP contribution >= 0.6 is 11.3 Å². The Morgan fingerprint density at radius 2 is 2.39 bits per heavy atom. The van der Waals surface area contributed by atoms with E-state index in [2.05, 4.69) is 9.88 Å². The van der Waals surface area contributed by atoms with Gasteiger partial charge in [-0.05, 0) is 25.8 Å². The second-order valence-electron chi connectivity index (χ2n) is 5.42. The summed E-state index contributed by atoms with van der Waals surface area (Å²) in [6.45, 7) is 8.35. The van der Waals surface area contributed by atoms with Crippen LogP contribution in [-0.2, 0) is 11.3 Å². The second kappa shape index (κ2) is 4.97. The first kappa shape index (κ1) is 13.5. The molecule has 1 unspecified atom stereocenters. The maximum absolute atomic E-state index is 11.5. The van der Waals surface area contributed by atoms with E-state index in [1.165, 1.54) is 4.88 Å². The summed E-state index contributed by atoms with van der Waals surface area (Å²) in [5, 5.41) is 10.6. The number of likely N-dealkylation sites (tertiary alicyclic amines) is 1. The van der Waals surface area contributed by atoms with E-state index >= 15 is 0 Å². The fourth-order valence-corrected chi connectivity index (χ4v) is 3.48. The van der Waals surface area contributed by atoms with Crippen LogP contribution in [-0.4, -0.2) is 34.0 Å². The Morgan fingerprint density at radius 1 is 1.67 bits per heavy atom. The Bertz CT molecular complexity index is 444. The molecule has 4 nitrogen and oxygen atoms in total. The third-order valence-corrected chi connectivity index (χ3v) is 4.86. The lowest BCUT2D eigenvalue weighted by Crippen LogP contribution is -2.39. The molecule has 1 aromatic rings. The minimum absolute atomic E-state index is 0.170. The van der Waals surface area contributed by atoms with Gasteiger partial charge in [-0.25, -0.2) is 4.98 Å². The molecule has 1 fully saturated rings. The molecular weight excluding hydrogens is 248 g/mol. The molecule has 5 heteroatoms. The lowest BCUT2D eigenvalue weighted by atomic mass is 9.76. The van der Waals surface area contributed by atoms with Crippen LogP contribution < -0.4 is 0 Å². The molecule has 18 heavy (non-hydrogen) atoms. The summed E-state index contributed by atoms with van der Waals surface area (Å²) in [5.74, 6) is -0.483. The number of thiazole rings is 1. The normalized spacial score (nSPS) is 24.9. The van der Waals surface area contributed by atoms with Gasteiger partial charge >= 0.3 is 5.97 Å². The summed E-state index contributed by atoms with van der Waals surface area (Å²) in [6.07, 6.45) is 2.65. The van der Waals surface area contributed by atoms with E-state index < -0.39 is 11.4 Å². The highest BCUT2D eigenvalue weighted by molar-refractivity contribution is 7.11. The number of carbonyl (C=O) groups is 1. The molecule has 2 heterocycles. The van der Waals surface area contributed by atoms with Crippen LogP contribution in [0.4, 0.5) is 0 Å². The zero-order valence-corrected chi connectivity index (χ0v) is 12.0. The topological polar surface area (TPSA) is 53.4 Å². The summed E-state index contributed by atoms with van der Waals surface area (Å²) in [6, 6.07) is 0.